The number of allylic oxidation sites excluding steroid dienone is 1. The Balaban J connectivity index is 2.33. The second-order valence-electron chi connectivity index (χ2n) is 3.30. The molecule has 0 saturated heterocycles. The number of nitriles is 2. The van der Waals surface area contributed by atoms with Gasteiger partial charge in [0.2, 0.25) is 0 Å². The number of benzene rings is 1. The van der Waals surface area contributed by atoms with Crippen molar-refractivity contribution in [2.75, 3.05) is 0 Å². The van der Waals surface area contributed by atoms with Crippen LogP contribution in [0.2, 0.25) is 0 Å². The van der Waals surface area contributed by atoms with Crippen molar-refractivity contribution >= 4 is 6.08 Å². The molecule has 2 rings (SSSR count). The first-order valence-electron chi connectivity index (χ1n) is 4.96. The maximum Gasteiger partial charge on any atom is 0.131 e. The molecule has 0 radical (unpaired) electrons. The van der Waals surface area contributed by atoms with Gasteiger partial charge in [-0.1, -0.05) is 18.2 Å². The fourth-order valence-corrected chi connectivity index (χ4v) is 1.38. The van der Waals surface area contributed by atoms with Crippen LogP contribution in [0.4, 0.5) is 0 Å². The van der Waals surface area contributed by atoms with Crippen molar-refractivity contribution in [3.8, 4) is 17.8 Å². The van der Waals surface area contributed by atoms with Gasteiger partial charge in [-0.15, -0.1) is 0 Å². The average molecular weight is 220 g/mol. The van der Waals surface area contributed by atoms with E-state index in [-0.39, 0.29) is 5.57 Å². The zero-order chi connectivity index (χ0) is 12.1. The molecule has 4 heteroatoms. The van der Waals surface area contributed by atoms with Gasteiger partial charge in [-0.25, -0.2) is 4.68 Å². The first-order valence-corrected chi connectivity index (χ1v) is 4.96. The van der Waals surface area contributed by atoms with Crippen LogP contribution in [0.5, 0.6) is 0 Å². The van der Waals surface area contributed by atoms with Gasteiger partial charge in [-0.2, -0.15) is 15.6 Å². The summed E-state index contributed by atoms with van der Waals surface area (Å²) in [5, 5.41) is 21.5. The van der Waals surface area contributed by atoms with Crippen LogP contribution in [0, 0.1) is 22.7 Å². The summed E-state index contributed by atoms with van der Waals surface area (Å²) in [4.78, 5) is 0. The summed E-state index contributed by atoms with van der Waals surface area (Å²) in [7, 11) is 0. The fraction of sp³-hybridized carbons (Fsp3) is 0. The molecular weight excluding hydrogens is 212 g/mol. The number of hydrogen-bond acceptors (Lipinski definition) is 3. The highest BCUT2D eigenvalue weighted by Gasteiger charge is 2.00. The Hall–Kier alpha value is -2.85. The summed E-state index contributed by atoms with van der Waals surface area (Å²) >= 11 is 0. The van der Waals surface area contributed by atoms with Crippen molar-refractivity contribution in [3.63, 3.8) is 0 Å². The van der Waals surface area contributed by atoms with Gasteiger partial charge in [0.05, 0.1) is 11.4 Å². The zero-order valence-electron chi connectivity index (χ0n) is 8.91. The number of nitrogens with zero attached hydrogens (tertiary/aromatic N) is 4. The molecule has 0 saturated carbocycles. The summed E-state index contributed by atoms with van der Waals surface area (Å²) in [5.41, 5.74) is 1.57. The van der Waals surface area contributed by atoms with Crippen LogP contribution in [-0.2, 0) is 0 Å². The van der Waals surface area contributed by atoms with Crippen LogP contribution in [0.1, 0.15) is 5.69 Å². The molecule has 0 aliphatic heterocycles. The Labute approximate surface area is 98.7 Å². The minimum absolute atomic E-state index is 0.0447. The van der Waals surface area contributed by atoms with Gasteiger partial charge >= 0.3 is 0 Å². The first kappa shape index (κ1) is 10.7. The van der Waals surface area contributed by atoms with Gasteiger partial charge in [0.25, 0.3) is 0 Å². The van der Waals surface area contributed by atoms with Crippen molar-refractivity contribution < 1.29 is 0 Å². The van der Waals surface area contributed by atoms with Gasteiger partial charge in [0, 0.05) is 6.20 Å². The topological polar surface area (TPSA) is 65.4 Å². The summed E-state index contributed by atoms with van der Waals surface area (Å²) in [6.07, 6.45) is 3.24. The van der Waals surface area contributed by atoms with Crippen molar-refractivity contribution in [1.82, 2.24) is 9.78 Å². The summed E-state index contributed by atoms with van der Waals surface area (Å²) in [5.74, 6) is 0. The molecule has 4 nitrogen and oxygen atoms in total. The molecule has 0 aliphatic carbocycles. The number of aromatic nitrogens is 2. The second kappa shape index (κ2) is 4.78. The molecular formula is C13H8N4. The van der Waals surface area contributed by atoms with Crippen molar-refractivity contribution in [3.05, 3.63) is 53.9 Å². The molecule has 0 bridgehead atoms. The molecule has 0 amide bonds. The third-order valence-corrected chi connectivity index (χ3v) is 2.16. The monoisotopic (exact) mass is 220 g/mol. The van der Waals surface area contributed by atoms with Crippen LogP contribution in [0.15, 0.2) is 48.2 Å². The van der Waals surface area contributed by atoms with E-state index in [1.807, 2.05) is 30.3 Å². The van der Waals surface area contributed by atoms with Gasteiger partial charge in [-0.3, -0.25) is 0 Å². The predicted octanol–water partition coefficient (Wildman–Crippen LogP) is 2.30. The van der Waals surface area contributed by atoms with E-state index < -0.39 is 0 Å². The highest BCUT2D eigenvalue weighted by molar-refractivity contribution is 5.59. The fourth-order valence-electron chi connectivity index (χ4n) is 1.38. The maximum atomic E-state index is 8.64. The van der Waals surface area contributed by atoms with E-state index in [4.69, 9.17) is 10.5 Å². The molecule has 17 heavy (non-hydrogen) atoms. The van der Waals surface area contributed by atoms with E-state index in [0.717, 1.165) is 5.69 Å². The summed E-state index contributed by atoms with van der Waals surface area (Å²) in [6.45, 7) is 0. The zero-order valence-corrected chi connectivity index (χ0v) is 8.91. The van der Waals surface area contributed by atoms with E-state index >= 15 is 0 Å². The van der Waals surface area contributed by atoms with Gasteiger partial charge in [0.1, 0.15) is 17.7 Å². The standard InChI is InChI=1S/C13H8N4/c14-9-11(10-15)8-12-6-7-17(16-12)13-4-2-1-3-5-13/h1-8H. The Morgan fingerprint density at radius 1 is 1.12 bits per heavy atom. The lowest BCUT2D eigenvalue weighted by Gasteiger charge is -1.98. The van der Waals surface area contributed by atoms with Crippen LogP contribution in [0.3, 0.4) is 0 Å². The minimum Gasteiger partial charge on any atom is -0.240 e. The molecule has 0 aliphatic rings. The normalized spacial score (nSPS) is 9.06. The average Bonchev–Trinajstić information content (AvgIpc) is 2.85. The van der Waals surface area contributed by atoms with Crippen molar-refractivity contribution in [1.29, 1.82) is 10.5 Å². The largest absolute Gasteiger partial charge is 0.240 e. The third kappa shape index (κ3) is 2.39. The number of hydrogen-bond donors (Lipinski definition) is 0. The van der Waals surface area contributed by atoms with Gasteiger partial charge in [0.15, 0.2) is 0 Å². The van der Waals surface area contributed by atoms with Crippen LogP contribution >= 0.6 is 0 Å². The smallest absolute Gasteiger partial charge is 0.131 e. The third-order valence-electron chi connectivity index (χ3n) is 2.16. The lowest BCUT2D eigenvalue weighted by atomic mass is 10.2. The first-order chi connectivity index (χ1) is 8.33. The lowest BCUT2D eigenvalue weighted by Crippen LogP contribution is -1.93. The highest BCUT2D eigenvalue weighted by Crippen LogP contribution is 2.09. The molecule has 0 spiro atoms. The van der Waals surface area contributed by atoms with Crippen molar-refractivity contribution in [2.45, 2.75) is 0 Å². The number of para-hydroxylation sites is 1. The molecule has 0 N–H and O–H groups in total. The lowest BCUT2D eigenvalue weighted by molar-refractivity contribution is 0.875. The molecule has 0 fully saturated rings. The van der Waals surface area contributed by atoms with Gasteiger partial charge < -0.3 is 0 Å². The highest BCUT2D eigenvalue weighted by atomic mass is 15.3. The molecule has 80 valence electrons. The molecule has 0 unspecified atom stereocenters. The van der Waals surface area contributed by atoms with Crippen LogP contribution in [-0.4, -0.2) is 9.78 Å². The Bertz CT molecular complexity index is 607. The van der Waals surface area contributed by atoms with E-state index in [0.29, 0.717) is 5.69 Å². The second-order valence-corrected chi connectivity index (χ2v) is 3.30. The van der Waals surface area contributed by atoms with E-state index in [1.165, 1.54) is 6.08 Å². The molecule has 0 atom stereocenters. The van der Waals surface area contributed by atoms with Gasteiger partial charge in [-0.05, 0) is 24.3 Å². The van der Waals surface area contributed by atoms with E-state index in [1.54, 1.807) is 29.1 Å². The summed E-state index contributed by atoms with van der Waals surface area (Å²) in [6, 6.07) is 15.0. The molecule has 1 aromatic carbocycles. The molecule has 2 aromatic rings. The predicted molar refractivity (Wildman–Crippen MR) is 62.8 cm³/mol. The van der Waals surface area contributed by atoms with Crippen LogP contribution in [0.25, 0.3) is 11.8 Å². The van der Waals surface area contributed by atoms with Crippen LogP contribution < -0.4 is 0 Å². The van der Waals surface area contributed by atoms with Crippen molar-refractivity contribution in [2.24, 2.45) is 0 Å². The number of rotatable bonds is 2. The molecule has 1 aromatic heterocycles. The van der Waals surface area contributed by atoms with E-state index in [9.17, 15) is 0 Å². The molecule has 1 heterocycles. The quantitative estimate of drug-likeness (QED) is 0.729. The Morgan fingerprint density at radius 2 is 1.82 bits per heavy atom. The Kier molecular flexibility index (Phi) is 3.00. The minimum atomic E-state index is 0.0447. The Morgan fingerprint density at radius 3 is 2.47 bits per heavy atom. The summed E-state index contributed by atoms with van der Waals surface area (Å²) < 4.78 is 1.69. The van der Waals surface area contributed by atoms with E-state index in [2.05, 4.69) is 5.10 Å². The SMILES string of the molecule is N#CC(C#N)=Cc1ccn(-c2ccccc2)n1. The maximum absolute atomic E-state index is 8.64.